The lowest BCUT2D eigenvalue weighted by atomic mass is 9.74. The monoisotopic (exact) mass is 290 g/mol. The van der Waals surface area contributed by atoms with Gasteiger partial charge in [-0.25, -0.2) is 13.1 Å². The van der Waals surface area contributed by atoms with Gasteiger partial charge in [0.25, 0.3) is 0 Å². The summed E-state index contributed by atoms with van der Waals surface area (Å²) in [5, 5.41) is -0.418. The first kappa shape index (κ1) is 15.2. The minimum atomic E-state index is -3.34. The molecule has 19 heavy (non-hydrogen) atoms. The van der Waals surface area contributed by atoms with Crippen molar-refractivity contribution < 1.29 is 13.2 Å². The van der Waals surface area contributed by atoms with Crippen LogP contribution in [0.4, 0.5) is 0 Å². The zero-order valence-electron chi connectivity index (χ0n) is 11.7. The highest BCUT2D eigenvalue weighted by atomic mass is 32.2. The summed E-state index contributed by atoms with van der Waals surface area (Å²) in [5.74, 6) is 0.297. The van der Waals surface area contributed by atoms with Crippen LogP contribution in [0.25, 0.3) is 0 Å². The maximum atomic E-state index is 12.5. The van der Waals surface area contributed by atoms with E-state index in [2.05, 4.69) is 11.6 Å². The third kappa shape index (κ3) is 3.29. The lowest BCUT2D eigenvalue weighted by Gasteiger charge is -2.43. The second-order valence-corrected chi connectivity index (χ2v) is 7.95. The SMILES string of the molecule is CC1CCCCC1(CN)NS(=O)(=O)C1CCCOC1. The van der Waals surface area contributed by atoms with Crippen LogP contribution in [0.2, 0.25) is 0 Å². The summed E-state index contributed by atoms with van der Waals surface area (Å²) in [6.45, 7) is 3.46. The van der Waals surface area contributed by atoms with E-state index < -0.39 is 20.8 Å². The van der Waals surface area contributed by atoms with Crippen LogP contribution in [0, 0.1) is 5.92 Å². The van der Waals surface area contributed by atoms with Crippen molar-refractivity contribution in [1.29, 1.82) is 0 Å². The smallest absolute Gasteiger partial charge is 0.217 e. The molecule has 0 radical (unpaired) electrons. The first-order valence-corrected chi connectivity index (χ1v) is 8.85. The van der Waals surface area contributed by atoms with E-state index in [-0.39, 0.29) is 0 Å². The van der Waals surface area contributed by atoms with Gasteiger partial charge in [0.1, 0.15) is 0 Å². The highest BCUT2D eigenvalue weighted by molar-refractivity contribution is 7.90. The summed E-state index contributed by atoms with van der Waals surface area (Å²) < 4.78 is 33.3. The second kappa shape index (κ2) is 6.08. The van der Waals surface area contributed by atoms with Crippen LogP contribution in [0.3, 0.4) is 0 Å². The predicted octanol–water partition coefficient (Wildman–Crippen LogP) is 0.992. The molecule has 2 aliphatic rings. The first-order valence-electron chi connectivity index (χ1n) is 7.31. The molecule has 0 aromatic heterocycles. The van der Waals surface area contributed by atoms with Crippen LogP contribution >= 0.6 is 0 Å². The highest BCUT2D eigenvalue weighted by Crippen LogP contribution is 2.34. The lowest BCUT2D eigenvalue weighted by Crippen LogP contribution is -2.61. The molecule has 3 unspecified atom stereocenters. The summed E-state index contributed by atoms with van der Waals surface area (Å²) in [6, 6.07) is 0. The predicted molar refractivity (Wildman–Crippen MR) is 75.3 cm³/mol. The van der Waals surface area contributed by atoms with Crippen LogP contribution in [0.5, 0.6) is 0 Å². The Kier molecular flexibility index (Phi) is 4.87. The number of nitrogens with two attached hydrogens (primary N) is 1. The van der Waals surface area contributed by atoms with Gasteiger partial charge in [0.15, 0.2) is 0 Å². The van der Waals surface area contributed by atoms with Crippen molar-refractivity contribution in [3.05, 3.63) is 0 Å². The summed E-state index contributed by atoms with van der Waals surface area (Å²) >= 11 is 0. The van der Waals surface area contributed by atoms with Crippen molar-refractivity contribution >= 4 is 10.0 Å². The Morgan fingerprint density at radius 2 is 2.11 bits per heavy atom. The number of sulfonamides is 1. The fourth-order valence-corrected chi connectivity index (χ4v) is 5.10. The van der Waals surface area contributed by atoms with Gasteiger partial charge in [0, 0.05) is 18.7 Å². The van der Waals surface area contributed by atoms with E-state index in [0.29, 0.717) is 32.1 Å². The summed E-state index contributed by atoms with van der Waals surface area (Å²) in [7, 11) is -3.34. The molecule has 0 amide bonds. The zero-order valence-corrected chi connectivity index (χ0v) is 12.5. The molecule has 1 aliphatic carbocycles. The molecule has 0 spiro atoms. The fraction of sp³-hybridized carbons (Fsp3) is 1.00. The average Bonchev–Trinajstić information content (AvgIpc) is 2.42. The molecular formula is C13H26N2O3S. The van der Waals surface area contributed by atoms with E-state index in [4.69, 9.17) is 10.5 Å². The van der Waals surface area contributed by atoms with Gasteiger partial charge >= 0.3 is 0 Å². The Labute approximate surface area is 116 Å². The van der Waals surface area contributed by atoms with Crippen molar-refractivity contribution in [2.45, 2.75) is 56.2 Å². The third-order valence-corrected chi connectivity index (χ3v) is 6.66. The zero-order chi connectivity index (χ0) is 13.9. The maximum absolute atomic E-state index is 12.5. The molecule has 5 nitrogen and oxygen atoms in total. The summed E-state index contributed by atoms with van der Waals surface area (Å²) in [6.07, 6.45) is 5.60. The molecular weight excluding hydrogens is 264 g/mol. The van der Waals surface area contributed by atoms with Crippen molar-refractivity contribution in [2.24, 2.45) is 11.7 Å². The van der Waals surface area contributed by atoms with E-state index in [1.807, 2.05) is 0 Å². The summed E-state index contributed by atoms with van der Waals surface area (Å²) in [5.41, 5.74) is 5.46. The summed E-state index contributed by atoms with van der Waals surface area (Å²) in [4.78, 5) is 0. The first-order chi connectivity index (χ1) is 9.00. The molecule has 2 rings (SSSR count). The van der Waals surface area contributed by atoms with Crippen LogP contribution in [-0.4, -0.2) is 39.0 Å². The van der Waals surface area contributed by atoms with Gasteiger partial charge in [-0.1, -0.05) is 19.8 Å². The number of hydrogen-bond acceptors (Lipinski definition) is 4. The van der Waals surface area contributed by atoms with E-state index in [0.717, 1.165) is 32.1 Å². The highest BCUT2D eigenvalue weighted by Gasteiger charge is 2.42. The van der Waals surface area contributed by atoms with Gasteiger partial charge in [-0.05, 0) is 31.6 Å². The maximum Gasteiger partial charge on any atom is 0.217 e. The van der Waals surface area contributed by atoms with Crippen molar-refractivity contribution in [1.82, 2.24) is 4.72 Å². The molecule has 1 heterocycles. The average molecular weight is 290 g/mol. The van der Waals surface area contributed by atoms with Gasteiger partial charge in [0.2, 0.25) is 10.0 Å². The van der Waals surface area contributed by atoms with E-state index in [1.165, 1.54) is 0 Å². The van der Waals surface area contributed by atoms with Gasteiger partial charge in [0.05, 0.1) is 11.9 Å². The molecule has 3 atom stereocenters. The molecule has 1 aliphatic heterocycles. The van der Waals surface area contributed by atoms with Crippen molar-refractivity contribution in [2.75, 3.05) is 19.8 Å². The standard InChI is InChI=1S/C13H26N2O3S/c1-11-5-2-3-7-13(11,10-14)15-19(16,17)12-6-4-8-18-9-12/h11-12,15H,2-10,14H2,1H3. The lowest BCUT2D eigenvalue weighted by molar-refractivity contribution is 0.0977. The Hall–Kier alpha value is -0.170. The molecule has 0 aromatic rings. The van der Waals surface area contributed by atoms with Crippen LogP contribution in [-0.2, 0) is 14.8 Å². The van der Waals surface area contributed by atoms with Crippen molar-refractivity contribution in [3.8, 4) is 0 Å². The molecule has 0 bridgehead atoms. The molecule has 0 aromatic carbocycles. The minimum Gasteiger partial charge on any atom is -0.380 e. The van der Waals surface area contributed by atoms with Gasteiger partial charge in [-0.3, -0.25) is 0 Å². The Morgan fingerprint density at radius 3 is 2.68 bits per heavy atom. The minimum absolute atomic E-state index is 0.297. The normalized spacial score (nSPS) is 37.2. The van der Waals surface area contributed by atoms with E-state index in [1.54, 1.807) is 0 Å². The number of nitrogens with one attached hydrogen (secondary N) is 1. The van der Waals surface area contributed by atoms with Gasteiger partial charge in [-0.15, -0.1) is 0 Å². The topological polar surface area (TPSA) is 81.4 Å². The van der Waals surface area contributed by atoms with E-state index in [9.17, 15) is 8.42 Å². The Balaban J connectivity index is 2.12. The number of ether oxygens (including phenoxy) is 1. The van der Waals surface area contributed by atoms with Gasteiger partial charge < -0.3 is 10.5 Å². The van der Waals surface area contributed by atoms with Crippen molar-refractivity contribution in [3.63, 3.8) is 0 Å². The molecule has 112 valence electrons. The third-order valence-electron chi connectivity index (χ3n) is 4.72. The fourth-order valence-electron chi connectivity index (χ4n) is 3.23. The Bertz CT molecular complexity index is 393. The second-order valence-electron chi connectivity index (χ2n) is 5.99. The quantitative estimate of drug-likeness (QED) is 0.809. The number of hydrogen-bond donors (Lipinski definition) is 2. The Morgan fingerprint density at radius 1 is 1.32 bits per heavy atom. The number of rotatable bonds is 4. The van der Waals surface area contributed by atoms with Crippen LogP contribution in [0.1, 0.15) is 45.4 Å². The van der Waals surface area contributed by atoms with E-state index >= 15 is 0 Å². The van der Waals surface area contributed by atoms with Crippen LogP contribution in [0.15, 0.2) is 0 Å². The molecule has 6 heteroatoms. The molecule has 1 saturated carbocycles. The molecule has 2 fully saturated rings. The molecule has 1 saturated heterocycles. The van der Waals surface area contributed by atoms with Gasteiger partial charge in [-0.2, -0.15) is 0 Å². The largest absolute Gasteiger partial charge is 0.380 e. The molecule has 3 N–H and O–H groups in total. The van der Waals surface area contributed by atoms with Crippen LogP contribution < -0.4 is 10.5 Å².